The molecule has 20 heavy (non-hydrogen) atoms. The Morgan fingerprint density at radius 2 is 1.80 bits per heavy atom. The molecule has 2 N–H and O–H groups in total. The van der Waals surface area contributed by atoms with Gasteiger partial charge in [0.25, 0.3) is 0 Å². The van der Waals surface area contributed by atoms with Gasteiger partial charge >= 0.3 is 0 Å². The predicted octanol–water partition coefficient (Wildman–Crippen LogP) is 2.27. The van der Waals surface area contributed by atoms with Gasteiger partial charge in [-0.2, -0.15) is 0 Å². The standard InChI is InChI=1S/C16H30N4/c1-5-7-15-11-14(13-17)12-16(18-15)20(8-6-2)10-9-19(3)4/h11-12H,5-10,13,17H2,1-4H3. The average molecular weight is 278 g/mol. The van der Waals surface area contributed by atoms with Crippen molar-refractivity contribution in [3.05, 3.63) is 23.4 Å². The van der Waals surface area contributed by atoms with Gasteiger partial charge in [0.1, 0.15) is 5.82 Å². The van der Waals surface area contributed by atoms with Crippen LogP contribution in [0.1, 0.15) is 37.9 Å². The molecule has 0 saturated heterocycles. The van der Waals surface area contributed by atoms with E-state index in [0.29, 0.717) is 6.54 Å². The van der Waals surface area contributed by atoms with E-state index in [-0.39, 0.29) is 0 Å². The fraction of sp³-hybridized carbons (Fsp3) is 0.688. The zero-order chi connectivity index (χ0) is 15.0. The van der Waals surface area contributed by atoms with Gasteiger partial charge in [-0.05, 0) is 44.6 Å². The summed E-state index contributed by atoms with van der Waals surface area (Å²) in [5, 5.41) is 0. The molecule has 0 radical (unpaired) electrons. The lowest BCUT2D eigenvalue weighted by Gasteiger charge is -2.26. The third-order valence-corrected chi connectivity index (χ3v) is 3.30. The Bertz CT molecular complexity index is 390. The number of likely N-dealkylation sites (N-methyl/N-ethyl adjacent to an activating group) is 1. The molecule has 0 spiro atoms. The van der Waals surface area contributed by atoms with Gasteiger partial charge < -0.3 is 15.5 Å². The van der Waals surface area contributed by atoms with Crippen LogP contribution in [-0.4, -0.2) is 43.6 Å². The van der Waals surface area contributed by atoms with Crippen LogP contribution in [0.4, 0.5) is 5.82 Å². The summed E-state index contributed by atoms with van der Waals surface area (Å²) >= 11 is 0. The molecule has 0 atom stereocenters. The van der Waals surface area contributed by atoms with Crippen molar-refractivity contribution in [2.24, 2.45) is 5.73 Å². The highest BCUT2D eigenvalue weighted by atomic mass is 15.2. The van der Waals surface area contributed by atoms with E-state index in [2.05, 4.69) is 49.9 Å². The maximum absolute atomic E-state index is 5.83. The molecule has 0 bridgehead atoms. The summed E-state index contributed by atoms with van der Waals surface area (Å²) in [7, 11) is 4.22. The minimum atomic E-state index is 0.583. The molecule has 0 unspecified atom stereocenters. The van der Waals surface area contributed by atoms with Crippen molar-refractivity contribution in [1.29, 1.82) is 0 Å². The molecule has 0 aromatic carbocycles. The number of nitrogens with zero attached hydrogens (tertiary/aromatic N) is 3. The first-order valence-electron chi connectivity index (χ1n) is 7.70. The number of hydrogen-bond acceptors (Lipinski definition) is 4. The molecule has 1 heterocycles. The number of pyridine rings is 1. The number of anilines is 1. The van der Waals surface area contributed by atoms with E-state index in [1.54, 1.807) is 0 Å². The average Bonchev–Trinajstić information content (AvgIpc) is 2.43. The minimum absolute atomic E-state index is 0.583. The van der Waals surface area contributed by atoms with Crippen molar-refractivity contribution in [3.63, 3.8) is 0 Å². The van der Waals surface area contributed by atoms with Gasteiger partial charge in [-0.3, -0.25) is 0 Å². The van der Waals surface area contributed by atoms with Crippen molar-refractivity contribution in [2.45, 2.75) is 39.7 Å². The lowest BCUT2D eigenvalue weighted by molar-refractivity contribution is 0.412. The van der Waals surface area contributed by atoms with E-state index in [1.807, 2.05) is 0 Å². The topological polar surface area (TPSA) is 45.4 Å². The van der Waals surface area contributed by atoms with E-state index in [0.717, 1.165) is 50.4 Å². The number of aromatic nitrogens is 1. The van der Waals surface area contributed by atoms with Crippen LogP contribution >= 0.6 is 0 Å². The first kappa shape index (κ1) is 16.9. The molecule has 1 rings (SSSR count). The lowest BCUT2D eigenvalue weighted by atomic mass is 10.1. The van der Waals surface area contributed by atoms with Crippen molar-refractivity contribution in [1.82, 2.24) is 9.88 Å². The summed E-state index contributed by atoms with van der Waals surface area (Å²) < 4.78 is 0. The molecule has 0 amide bonds. The molecule has 4 heteroatoms. The first-order valence-corrected chi connectivity index (χ1v) is 7.70. The molecule has 114 valence electrons. The monoisotopic (exact) mass is 278 g/mol. The van der Waals surface area contributed by atoms with Crippen LogP contribution in [0.5, 0.6) is 0 Å². The number of rotatable bonds is 9. The quantitative estimate of drug-likeness (QED) is 0.752. The number of hydrogen-bond donors (Lipinski definition) is 1. The van der Waals surface area contributed by atoms with Crippen molar-refractivity contribution in [2.75, 3.05) is 38.6 Å². The van der Waals surface area contributed by atoms with Crippen LogP contribution < -0.4 is 10.6 Å². The zero-order valence-electron chi connectivity index (χ0n) is 13.5. The summed E-state index contributed by atoms with van der Waals surface area (Å²) in [6, 6.07) is 4.29. The Kier molecular flexibility index (Phi) is 7.55. The summed E-state index contributed by atoms with van der Waals surface area (Å²) in [5.74, 6) is 1.08. The summed E-state index contributed by atoms with van der Waals surface area (Å²) in [5.41, 5.74) is 8.17. The van der Waals surface area contributed by atoms with E-state index in [9.17, 15) is 0 Å². The van der Waals surface area contributed by atoms with E-state index < -0.39 is 0 Å². The Labute approximate surface area is 124 Å². The van der Waals surface area contributed by atoms with Crippen molar-refractivity contribution in [3.8, 4) is 0 Å². The highest BCUT2D eigenvalue weighted by Gasteiger charge is 2.10. The molecular weight excluding hydrogens is 248 g/mol. The third-order valence-electron chi connectivity index (χ3n) is 3.30. The Morgan fingerprint density at radius 3 is 2.35 bits per heavy atom. The molecule has 1 aromatic rings. The summed E-state index contributed by atoms with van der Waals surface area (Å²) in [6.07, 6.45) is 3.27. The highest BCUT2D eigenvalue weighted by molar-refractivity contribution is 5.43. The van der Waals surface area contributed by atoms with E-state index in [1.165, 1.54) is 5.56 Å². The SMILES string of the molecule is CCCc1cc(CN)cc(N(CCC)CCN(C)C)n1. The van der Waals surface area contributed by atoms with Crippen LogP contribution in [0.2, 0.25) is 0 Å². The molecular formula is C16H30N4. The zero-order valence-corrected chi connectivity index (χ0v) is 13.5. The van der Waals surface area contributed by atoms with Gasteiger partial charge in [-0.25, -0.2) is 4.98 Å². The van der Waals surface area contributed by atoms with Crippen LogP contribution in [-0.2, 0) is 13.0 Å². The molecule has 0 fully saturated rings. The van der Waals surface area contributed by atoms with Crippen LogP contribution in [0.25, 0.3) is 0 Å². The fourth-order valence-corrected chi connectivity index (χ4v) is 2.23. The lowest BCUT2D eigenvalue weighted by Crippen LogP contribution is -2.33. The second kappa shape index (κ2) is 8.93. The summed E-state index contributed by atoms with van der Waals surface area (Å²) in [4.78, 5) is 9.40. The minimum Gasteiger partial charge on any atom is -0.355 e. The Morgan fingerprint density at radius 1 is 1.05 bits per heavy atom. The van der Waals surface area contributed by atoms with Gasteiger partial charge in [0.2, 0.25) is 0 Å². The molecule has 0 aliphatic carbocycles. The van der Waals surface area contributed by atoms with Crippen LogP contribution in [0.3, 0.4) is 0 Å². The second-order valence-corrected chi connectivity index (χ2v) is 5.57. The molecule has 1 aromatic heterocycles. The maximum Gasteiger partial charge on any atom is 0.129 e. The fourth-order valence-electron chi connectivity index (χ4n) is 2.23. The molecule has 0 aliphatic heterocycles. The van der Waals surface area contributed by atoms with Gasteiger partial charge in [-0.15, -0.1) is 0 Å². The predicted molar refractivity (Wildman–Crippen MR) is 87.2 cm³/mol. The number of aryl methyl sites for hydroxylation is 1. The van der Waals surface area contributed by atoms with Crippen LogP contribution in [0, 0.1) is 0 Å². The van der Waals surface area contributed by atoms with Gasteiger partial charge in [0.05, 0.1) is 0 Å². The third kappa shape index (κ3) is 5.47. The normalized spacial score (nSPS) is 11.1. The highest BCUT2D eigenvalue weighted by Crippen LogP contribution is 2.16. The largest absolute Gasteiger partial charge is 0.355 e. The van der Waals surface area contributed by atoms with Gasteiger partial charge in [0.15, 0.2) is 0 Å². The van der Waals surface area contributed by atoms with Crippen molar-refractivity contribution >= 4 is 5.82 Å². The smallest absolute Gasteiger partial charge is 0.129 e. The van der Waals surface area contributed by atoms with Crippen molar-refractivity contribution < 1.29 is 0 Å². The number of nitrogens with two attached hydrogens (primary N) is 1. The molecule has 0 saturated carbocycles. The Balaban J connectivity index is 2.94. The molecule has 4 nitrogen and oxygen atoms in total. The van der Waals surface area contributed by atoms with E-state index >= 15 is 0 Å². The van der Waals surface area contributed by atoms with E-state index in [4.69, 9.17) is 10.7 Å². The van der Waals surface area contributed by atoms with Gasteiger partial charge in [-0.1, -0.05) is 20.3 Å². The Hall–Kier alpha value is -1.13. The summed E-state index contributed by atoms with van der Waals surface area (Å²) in [6.45, 7) is 8.07. The van der Waals surface area contributed by atoms with Crippen LogP contribution in [0.15, 0.2) is 12.1 Å². The molecule has 0 aliphatic rings. The second-order valence-electron chi connectivity index (χ2n) is 5.57. The first-order chi connectivity index (χ1) is 9.60. The maximum atomic E-state index is 5.83. The van der Waals surface area contributed by atoms with Gasteiger partial charge in [0, 0.05) is 31.9 Å².